The molecule has 2 heterocycles. The summed E-state index contributed by atoms with van der Waals surface area (Å²) in [7, 11) is 0. The maximum absolute atomic E-state index is 11.9. The SMILES string of the molecule is CC(C)CC(=O)N1CCN(C2CCNC2)CC1.Cl. The third kappa shape index (κ3) is 4.11. The second-order valence-corrected chi connectivity index (χ2v) is 5.66. The molecule has 2 fully saturated rings. The number of rotatable bonds is 3. The number of hydrogen-bond acceptors (Lipinski definition) is 3. The van der Waals surface area contributed by atoms with Crippen molar-refractivity contribution in [3.8, 4) is 0 Å². The van der Waals surface area contributed by atoms with Crippen molar-refractivity contribution in [1.82, 2.24) is 15.1 Å². The number of nitrogens with one attached hydrogen (secondary N) is 1. The van der Waals surface area contributed by atoms with E-state index < -0.39 is 0 Å². The fraction of sp³-hybridized carbons (Fsp3) is 0.923. The van der Waals surface area contributed by atoms with Crippen molar-refractivity contribution in [1.29, 1.82) is 0 Å². The molecule has 0 saturated carbocycles. The molecule has 18 heavy (non-hydrogen) atoms. The minimum absolute atomic E-state index is 0. The summed E-state index contributed by atoms with van der Waals surface area (Å²) in [4.78, 5) is 16.5. The number of halogens is 1. The maximum Gasteiger partial charge on any atom is 0.222 e. The predicted octanol–water partition coefficient (Wildman–Crippen LogP) is 0.960. The highest BCUT2D eigenvalue weighted by atomic mass is 35.5. The zero-order chi connectivity index (χ0) is 12.3. The van der Waals surface area contributed by atoms with Crippen LogP contribution in [0.5, 0.6) is 0 Å². The van der Waals surface area contributed by atoms with Crippen LogP contribution >= 0.6 is 12.4 Å². The predicted molar refractivity (Wildman–Crippen MR) is 76.1 cm³/mol. The molecule has 1 amide bonds. The van der Waals surface area contributed by atoms with Gasteiger partial charge in [0.2, 0.25) is 5.91 Å². The summed E-state index contributed by atoms with van der Waals surface area (Å²) in [6.07, 6.45) is 1.96. The number of hydrogen-bond donors (Lipinski definition) is 1. The average molecular weight is 276 g/mol. The molecule has 2 aliphatic heterocycles. The number of carbonyl (C=O) groups is 1. The summed E-state index contributed by atoms with van der Waals surface area (Å²) in [5.41, 5.74) is 0. The Kier molecular flexibility index (Phi) is 6.39. The average Bonchev–Trinajstić information content (AvgIpc) is 2.82. The van der Waals surface area contributed by atoms with E-state index in [9.17, 15) is 4.79 Å². The normalized spacial score (nSPS) is 25.3. The van der Waals surface area contributed by atoms with E-state index in [4.69, 9.17) is 0 Å². The molecule has 1 unspecified atom stereocenters. The van der Waals surface area contributed by atoms with Gasteiger partial charge in [-0.05, 0) is 18.9 Å². The van der Waals surface area contributed by atoms with Gasteiger partial charge in [-0.2, -0.15) is 0 Å². The molecule has 1 N–H and O–H groups in total. The van der Waals surface area contributed by atoms with Gasteiger partial charge in [-0.3, -0.25) is 9.69 Å². The molecule has 2 saturated heterocycles. The molecule has 0 bridgehead atoms. The second kappa shape index (κ2) is 7.31. The van der Waals surface area contributed by atoms with Crippen LogP contribution < -0.4 is 5.32 Å². The summed E-state index contributed by atoms with van der Waals surface area (Å²) in [5.74, 6) is 0.809. The lowest BCUT2D eigenvalue weighted by atomic mass is 10.1. The van der Waals surface area contributed by atoms with Crippen molar-refractivity contribution in [2.24, 2.45) is 5.92 Å². The fourth-order valence-electron chi connectivity index (χ4n) is 2.77. The van der Waals surface area contributed by atoms with Gasteiger partial charge in [0.25, 0.3) is 0 Å². The Hall–Kier alpha value is -0.320. The molecule has 0 aromatic carbocycles. The van der Waals surface area contributed by atoms with Gasteiger partial charge in [-0.25, -0.2) is 0 Å². The van der Waals surface area contributed by atoms with Crippen LogP contribution in [0.15, 0.2) is 0 Å². The minimum Gasteiger partial charge on any atom is -0.340 e. The van der Waals surface area contributed by atoms with E-state index in [0.717, 1.165) is 39.3 Å². The molecule has 106 valence electrons. The first kappa shape index (κ1) is 15.7. The first-order chi connectivity index (χ1) is 8.16. The Balaban J connectivity index is 0.00000162. The van der Waals surface area contributed by atoms with Gasteiger partial charge in [0.05, 0.1) is 0 Å². The lowest BCUT2D eigenvalue weighted by Crippen LogP contribution is -2.52. The largest absolute Gasteiger partial charge is 0.340 e. The zero-order valence-corrected chi connectivity index (χ0v) is 12.3. The molecular formula is C13H26ClN3O. The number of carbonyl (C=O) groups excluding carboxylic acids is 1. The van der Waals surface area contributed by atoms with Crippen molar-refractivity contribution in [2.75, 3.05) is 39.3 Å². The summed E-state index contributed by atoms with van der Waals surface area (Å²) < 4.78 is 0. The smallest absolute Gasteiger partial charge is 0.222 e. The monoisotopic (exact) mass is 275 g/mol. The van der Waals surface area contributed by atoms with Crippen LogP contribution in [-0.2, 0) is 4.79 Å². The molecule has 5 heteroatoms. The lowest BCUT2D eigenvalue weighted by molar-refractivity contribution is -0.134. The van der Waals surface area contributed by atoms with E-state index in [1.807, 2.05) is 4.90 Å². The van der Waals surface area contributed by atoms with Crippen LogP contribution in [0.2, 0.25) is 0 Å². The molecule has 0 spiro atoms. The molecule has 2 aliphatic rings. The zero-order valence-electron chi connectivity index (χ0n) is 11.5. The number of amides is 1. The Bertz CT molecular complexity index is 259. The molecule has 0 aliphatic carbocycles. The van der Waals surface area contributed by atoms with Crippen molar-refractivity contribution in [2.45, 2.75) is 32.7 Å². The Morgan fingerprint density at radius 3 is 2.44 bits per heavy atom. The van der Waals surface area contributed by atoms with Gasteiger partial charge in [-0.15, -0.1) is 12.4 Å². The van der Waals surface area contributed by atoms with Crippen molar-refractivity contribution in [3.63, 3.8) is 0 Å². The van der Waals surface area contributed by atoms with Gasteiger partial charge < -0.3 is 10.2 Å². The molecule has 4 nitrogen and oxygen atoms in total. The van der Waals surface area contributed by atoms with E-state index in [2.05, 4.69) is 24.1 Å². The number of piperazine rings is 1. The van der Waals surface area contributed by atoms with Gasteiger partial charge in [-0.1, -0.05) is 13.8 Å². The van der Waals surface area contributed by atoms with Crippen LogP contribution in [0.3, 0.4) is 0 Å². The molecule has 0 radical (unpaired) electrons. The molecule has 0 aromatic heterocycles. The summed E-state index contributed by atoms with van der Waals surface area (Å²) >= 11 is 0. The first-order valence-electron chi connectivity index (χ1n) is 6.89. The topological polar surface area (TPSA) is 35.6 Å². The van der Waals surface area contributed by atoms with Crippen LogP contribution in [0, 0.1) is 5.92 Å². The van der Waals surface area contributed by atoms with Crippen LogP contribution in [0.25, 0.3) is 0 Å². The van der Waals surface area contributed by atoms with Crippen LogP contribution in [-0.4, -0.2) is 61.0 Å². The maximum atomic E-state index is 11.9. The van der Waals surface area contributed by atoms with E-state index in [1.54, 1.807) is 0 Å². The Labute approximate surface area is 116 Å². The molecule has 2 rings (SSSR count). The van der Waals surface area contributed by atoms with Gasteiger partial charge >= 0.3 is 0 Å². The van der Waals surface area contributed by atoms with Crippen LogP contribution in [0.1, 0.15) is 26.7 Å². The fourth-order valence-corrected chi connectivity index (χ4v) is 2.77. The van der Waals surface area contributed by atoms with Crippen molar-refractivity contribution >= 4 is 18.3 Å². The minimum atomic E-state index is 0. The van der Waals surface area contributed by atoms with Gasteiger partial charge in [0.1, 0.15) is 0 Å². The van der Waals surface area contributed by atoms with Crippen LogP contribution in [0.4, 0.5) is 0 Å². The first-order valence-corrected chi connectivity index (χ1v) is 6.89. The van der Waals surface area contributed by atoms with Crippen molar-refractivity contribution < 1.29 is 4.79 Å². The molecule has 0 aromatic rings. The third-order valence-corrected chi connectivity index (χ3v) is 3.80. The molecule has 1 atom stereocenters. The highest BCUT2D eigenvalue weighted by Crippen LogP contribution is 2.13. The quantitative estimate of drug-likeness (QED) is 0.833. The summed E-state index contributed by atoms with van der Waals surface area (Å²) in [6.45, 7) is 10.4. The van der Waals surface area contributed by atoms with Gasteiger partial charge in [0.15, 0.2) is 0 Å². The van der Waals surface area contributed by atoms with Crippen molar-refractivity contribution in [3.05, 3.63) is 0 Å². The highest BCUT2D eigenvalue weighted by molar-refractivity contribution is 5.85. The third-order valence-electron chi connectivity index (χ3n) is 3.80. The van der Waals surface area contributed by atoms with E-state index in [-0.39, 0.29) is 12.4 Å². The standard InChI is InChI=1S/C13H25N3O.ClH/c1-11(2)9-13(17)16-7-5-15(6-8-16)12-3-4-14-10-12;/h11-12,14H,3-10H2,1-2H3;1H. The van der Waals surface area contributed by atoms with E-state index in [1.165, 1.54) is 6.42 Å². The summed E-state index contributed by atoms with van der Waals surface area (Å²) in [5, 5.41) is 3.41. The lowest BCUT2D eigenvalue weighted by Gasteiger charge is -2.38. The summed E-state index contributed by atoms with van der Waals surface area (Å²) in [6, 6.07) is 0.706. The highest BCUT2D eigenvalue weighted by Gasteiger charge is 2.27. The van der Waals surface area contributed by atoms with E-state index >= 15 is 0 Å². The van der Waals surface area contributed by atoms with E-state index in [0.29, 0.717) is 24.3 Å². The second-order valence-electron chi connectivity index (χ2n) is 5.66. The molecular weight excluding hydrogens is 250 g/mol. The van der Waals surface area contributed by atoms with Gasteiger partial charge in [0, 0.05) is 45.2 Å². The Morgan fingerprint density at radius 1 is 1.28 bits per heavy atom. The Morgan fingerprint density at radius 2 is 1.94 bits per heavy atom. The number of nitrogens with zero attached hydrogens (tertiary/aromatic N) is 2.